The van der Waals surface area contributed by atoms with Crippen molar-refractivity contribution in [2.45, 2.75) is 71.6 Å². The third kappa shape index (κ3) is 4.78. The van der Waals surface area contributed by atoms with Crippen molar-refractivity contribution in [1.29, 1.82) is 0 Å². The first-order valence-corrected chi connectivity index (χ1v) is 8.88. The lowest BCUT2D eigenvalue weighted by molar-refractivity contribution is -0.0220. The van der Waals surface area contributed by atoms with E-state index >= 15 is 0 Å². The monoisotopic (exact) mass is 376 g/mol. The number of benzene rings is 1. The summed E-state index contributed by atoms with van der Waals surface area (Å²) in [6.07, 6.45) is -1.40. The molecule has 0 bridgehead atoms. The van der Waals surface area contributed by atoms with Crippen molar-refractivity contribution in [1.82, 2.24) is 10.4 Å². The summed E-state index contributed by atoms with van der Waals surface area (Å²) < 4.78 is 10.7. The lowest BCUT2D eigenvalue weighted by Crippen LogP contribution is -2.62. The number of carbonyl (C=O) groups excluding carboxylic acids is 3. The smallest absolute Gasteiger partial charge is 0.430 e. The first kappa shape index (κ1) is 20.7. The Morgan fingerprint density at radius 2 is 1.59 bits per heavy atom. The summed E-state index contributed by atoms with van der Waals surface area (Å²) in [6.45, 7) is 11.9. The van der Waals surface area contributed by atoms with Crippen molar-refractivity contribution in [2.24, 2.45) is 0 Å². The molecule has 1 aromatic rings. The predicted molar refractivity (Wildman–Crippen MR) is 100 cm³/mol. The average molecular weight is 376 g/mol. The molecule has 1 N–H and O–H groups in total. The van der Waals surface area contributed by atoms with E-state index in [1.165, 1.54) is 0 Å². The van der Waals surface area contributed by atoms with Gasteiger partial charge in [0, 0.05) is 12.0 Å². The van der Waals surface area contributed by atoms with Crippen molar-refractivity contribution in [3.63, 3.8) is 0 Å². The van der Waals surface area contributed by atoms with Crippen LogP contribution in [0.4, 0.5) is 9.59 Å². The molecule has 2 rings (SSSR count). The molecule has 27 heavy (non-hydrogen) atoms. The summed E-state index contributed by atoms with van der Waals surface area (Å²) in [7, 11) is 0. The largest absolute Gasteiger partial charge is 0.443 e. The standard InChI is InChI=1S/C20H28N2O5/c1-18(2,3)26-16(24)21-22(17(25)27-19(4,5)6)20(7)12-13-10-8-9-11-14(13)15(20)23/h8-11H,12H2,1-7H3,(H,21,24)/t20-/m0/s1. The van der Waals surface area contributed by atoms with Crippen LogP contribution in [0.5, 0.6) is 0 Å². The molecule has 0 spiro atoms. The molecule has 7 heteroatoms. The van der Waals surface area contributed by atoms with Crippen LogP contribution in [0.15, 0.2) is 24.3 Å². The number of hydrazine groups is 1. The number of fused-ring (bicyclic) bond motifs is 1. The van der Waals surface area contributed by atoms with E-state index in [-0.39, 0.29) is 12.2 Å². The maximum absolute atomic E-state index is 13.1. The van der Waals surface area contributed by atoms with Gasteiger partial charge in [0.25, 0.3) is 0 Å². The van der Waals surface area contributed by atoms with E-state index in [9.17, 15) is 14.4 Å². The third-order valence-corrected chi connectivity index (χ3v) is 3.96. The van der Waals surface area contributed by atoms with Crippen LogP contribution in [0.3, 0.4) is 0 Å². The average Bonchev–Trinajstić information content (AvgIpc) is 2.74. The maximum atomic E-state index is 13.1. The molecule has 0 fully saturated rings. The fraction of sp³-hybridized carbons (Fsp3) is 0.550. The van der Waals surface area contributed by atoms with Gasteiger partial charge in [-0.1, -0.05) is 24.3 Å². The zero-order chi connectivity index (χ0) is 20.6. The Kier molecular flexibility index (Phi) is 5.27. The summed E-state index contributed by atoms with van der Waals surface area (Å²) >= 11 is 0. The van der Waals surface area contributed by atoms with Crippen LogP contribution in [-0.2, 0) is 15.9 Å². The molecule has 0 aliphatic heterocycles. The molecule has 1 aromatic carbocycles. The van der Waals surface area contributed by atoms with Crippen molar-refractivity contribution in [2.75, 3.05) is 0 Å². The number of rotatable bonds is 1. The van der Waals surface area contributed by atoms with Gasteiger partial charge in [-0.05, 0) is 54.0 Å². The Bertz CT molecular complexity index is 760. The third-order valence-electron chi connectivity index (χ3n) is 3.96. The number of hydrogen-bond acceptors (Lipinski definition) is 5. The normalized spacial score (nSPS) is 19.3. The Hall–Kier alpha value is -2.57. The molecular formula is C20H28N2O5. The second-order valence-corrected chi connectivity index (χ2v) is 8.87. The molecule has 0 saturated heterocycles. The van der Waals surface area contributed by atoms with Gasteiger partial charge >= 0.3 is 12.2 Å². The van der Waals surface area contributed by atoms with Gasteiger partial charge in [-0.15, -0.1) is 0 Å². The SMILES string of the molecule is CC(C)(C)OC(=O)NN(C(=O)OC(C)(C)C)[C@@]1(C)Cc2ccccc2C1=O. The van der Waals surface area contributed by atoms with E-state index in [1.54, 1.807) is 60.6 Å². The Morgan fingerprint density at radius 3 is 2.11 bits per heavy atom. The highest BCUT2D eigenvalue weighted by molar-refractivity contribution is 6.08. The number of Topliss-reactive ketones (excluding diaryl/α,β-unsaturated/α-hetero) is 1. The summed E-state index contributed by atoms with van der Waals surface area (Å²) in [4.78, 5) is 38.2. The Balaban J connectivity index is 2.36. The molecule has 0 saturated carbocycles. The van der Waals surface area contributed by atoms with Gasteiger partial charge in [0.05, 0.1) is 0 Å². The van der Waals surface area contributed by atoms with E-state index in [1.807, 2.05) is 12.1 Å². The topological polar surface area (TPSA) is 84.9 Å². The van der Waals surface area contributed by atoms with Gasteiger partial charge in [0.2, 0.25) is 0 Å². The second-order valence-electron chi connectivity index (χ2n) is 8.87. The molecule has 0 aromatic heterocycles. The zero-order valence-electron chi connectivity index (χ0n) is 17.0. The fourth-order valence-corrected chi connectivity index (χ4v) is 2.89. The molecule has 0 radical (unpaired) electrons. The summed E-state index contributed by atoms with van der Waals surface area (Å²) in [5.74, 6) is -0.264. The van der Waals surface area contributed by atoms with Crippen molar-refractivity contribution >= 4 is 18.0 Å². The van der Waals surface area contributed by atoms with Gasteiger partial charge in [-0.25, -0.2) is 20.0 Å². The number of hydrogen-bond donors (Lipinski definition) is 1. The molecule has 7 nitrogen and oxygen atoms in total. The molecule has 0 unspecified atom stereocenters. The van der Waals surface area contributed by atoms with E-state index in [4.69, 9.17) is 9.47 Å². The first-order valence-electron chi connectivity index (χ1n) is 8.88. The Labute approximate surface area is 160 Å². The molecule has 1 atom stereocenters. The summed E-state index contributed by atoms with van der Waals surface area (Å²) in [5, 5.41) is 0.953. The van der Waals surface area contributed by atoms with Crippen LogP contribution in [0.25, 0.3) is 0 Å². The molecule has 1 aliphatic carbocycles. The number of nitrogens with one attached hydrogen (secondary N) is 1. The molecule has 0 heterocycles. The number of ether oxygens (including phenoxy) is 2. The van der Waals surface area contributed by atoms with E-state index in [0.29, 0.717) is 5.56 Å². The minimum Gasteiger partial charge on any atom is -0.443 e. The summed E-state index contributed by atoms with van der Waals surface area (Å²) in [6, 6.07) is 7.14. The van der Waals surface area contributed by atoms with Crippen molar-refractivity contribution in [3.05, 3.63) is 35.4 Å². The minimum atomic E-state index is -1.32. The van der Waals surface area contributed by atoms with Crippen molar-refractivity contribution in [3.8, 4) is 0 Å². The molecule has 1 aliphatic rings. The zero-order valence-corrected chi connectivity index (χ0v) is 17.0. The fourth-order valence-electron chi connectivity index (χ4n) is 2.89. The number of ketones is 1. The molecule has 148 valence electrons. The minimum absolute atomic E-state index is 0.261. The predicted octanol–water partition coefficient (Wildman–Crippen LogP) is 3.86. The highest BCUT2D eigenvalue weighted by Gasteiger charge is 2.50. The second kappa shape index (κ2) is 6.87. The lowest BCUT2D eigenvalue weighted by Gasteiger charge is -2.37. The Morgan fingerprint density at radius 1 is 1.04 bits per heavy atom. The summed E-state index contributed by atoms with van der Waals surface area (Å²) in [5.41, 5.74) is 0.888. The quantitative estimate of drug-likeness (QED) is 0.752. The van der Waals surface area contributed by atoms with Gasteiger partial charge in [0.1, 0.15) is 16.7 Å². The van der Waals surface area contributed by atoms with Gasteiger partial charge in [-0.3, -0.25) is 4.79 Å². The number of carbonyl (C=O) groups is 3. The van der Waals surface area contributed by atoms with Crippen LogP contribution in [-0.4, -0.2) is 39.7 Å². The van der Waals surface area contributed by atoms with E-state index < -0.39 is 28.9 Å². The van der Waals surface area contributed by atoms with Gasteiger partial charge < -0.3 is 9.47 Å². The van der Waals surface area contributed by atoms with Crippen LogP contribution >= 0.6 is 0 Å². The maximum Gasteiger partial charge on any atom is 0.430 e. The van der Waals surface area contributed by atoms with Crippen LogP contribution in [0.2, 0.25) is 0 Å². The molecular weight excluding hydrogens is 348 g/mol. The van der Waals surface area contributed by atoms with Crippen LogP contribution in [0.1, 0.15) is 64.4 Å². The number of amides is 2. The highest BCUT2D eigenvalue weighted by Crippen LogP contribution is 2.34. The lowest BCUT2D eigenvalue weighted by atomic mass is 9.96. The molecule has 2 amide bonds. The van der Waals surface area contributed by atoms with Crippen molar-refractivity contribution < 1.29 is 23.9 Å². The van der Waals surface area contributed by atoms with E-state index in [0.717, 1.165) is 10.6 Å². The van der Waals surface area contributed by atoms with Crippen LogP contribution in [0, 0.1) is 0 Å². The van der Waals surface area contributed by atoms with E-state index in [2.05, 4.69) is 5.43 Å². The number of nitrogens with zero attached hydrogens (tertiary/aromatic N) is 1. The highest BCUT2D eigenvalue weighted by atomic mass is 16.6. The van der Waals surface area contributed by atoms with Gasteiger partial charge in [-0.2, -0.15) is 0 Å². The van der Waals surface area contributed by atoms with Gasteiger partial charge in [0.15, 0.2) is 5.78 Å². The first-order chi connectivity index (χ1) is 12.2. The van der Waals surface area contributed by atoms with Crippen LogP contribution < -0.4 is 5.43 Å².